The molecule has 8 heteroatoms. The first-order chi connectivity index (χ1) is 16.5. The van der Waals surface area contributed by atoms with Gasteiger partial charge in [0.15, 0.2) is 11.5 Å². The van der Waals surface area contributed by atoms with Crippen LogP contribution in [0.15, 0.2) is 53.1 Å². The molecular weight excluding hydrogens is 454 g/mol. The first-order valence-electron chi connectivity index (χ1n) is 11.2. The number of aromatic nitrogens is 1. The molecule has 0 bridgehead atoms. The second-order valence-electron chi connectivity index (χ2n) is 8.10. The van der Waals surface area contributed by atoms with E-state index in [1.807, 2.05) is 61.2 Å². The lowest BCUT2D eigenvalue weighted by molar-refractivity contribution is -0.126. The van der Waals surface area contributed by atoms with Gasteiger partial charge in [0, 0.05) is 32.3 Å². The van der Waals surface area contributed by atoms with Gasteiger partial charge in [0.2, 0.25) is 5.91 Å². The molecule has 0 spiro atoms. The van der Waals surface area contributed by atoms with Crippen LogP contribution in [0.5, 0.6) is 11.5 Å². The van der Waals surface area contributed by atoms with Crippen LogP contribution in [0.25, 0.3) is 6.08 Å². The van der Waals surface area contributed by atoms with Gasteiger partial charge in [0.25, 0.3) is 0 Å². The molecule has 0 N–H and O–H groups in total. The number of piperazine rings is 1. The van der Waals surface area contributed by atoms with Gasteiger partial charge in [0.1, 0.15) is 12.4 Å². The third-order valence-corrected chi connectivity index (χ3v) is 6.26. The maximum atomic E-state index is 12.7. The summed E-state index contributed by atoms with van der Waals surface area (Å²) in [6.45, 7) is 6.86. The largest absolute Gasteiger partial charge is 0.493 e. The number of ether oxygens (including phenoxy) is 2. The maximum Gasteiger partial charge on any atom is 0.246 e. The number of methoxy groups -OCH3 is 1. The second-order valence-corrected chi connectivity index (χ2v) is 8.51. The summed E-state index contributed by atoms with van der Waals surface area (Å²) in [6, 6.07) is 13.4. The number of halogens is 1. The van der Waals surface area contributed by atoms with Gasteiger partial charge in [-0.1, -0.05) is 35.0 Å². The molecule has 1 fully saturated rings. The van der Waals surface area contributed by atoms with Crippen molar-refractivity contribution in [1.82, 2.24) is 10.1 Å². The number of hydrogen-bond donors (Lipinski definition) is 0. The summed E-state index contributed by atoms with van der Waals surface area (Å²) in [5, 5.41) is 4.68. The Labute approximate surface area is 204 Å². The zero-order valence-corrected chi connectivity index (χ0v) is 20.3. The van der Waals surface area contributed by atoms with Gasteiger partial charge in [-0.2, -0.15) is 0 Å². The Balaban J connectivity index is 1.35. The van der Waals surface area contributed by atoms with E-state index < -0.39 is 0 Å². The van der Waals surface area contributed by atoms with Crippen molar-refractivity contribution in [2.45, 2.75) is 20.5 Å². The van der Waals surface area contributed by atoms with Gasteiger partial charge in [0.05, 0.1) is 29.1 Å². The number of nitrogens with zero attached hydrogens (tertiary/aromatic N) is 3. The number of amides is 1. The molecule has 0 radical (unpaired) electrons. The van der Waals surface area contributed by atoms with Crippen molar-refractivity contribution in [3.8, 4) is 11.5 Å². The first kappa shape index (κ1) is 23.7. The minimum absolute atomic E-state index is 0.0171. The number of para-hydroxylation sites is 1. The number of anilines is 1. The number of hydrogen-bond acceptors (Lipinski definition) is 6. The molecule has 1 saturated heterocycles. The van der Waals surface area contributed by atoms with E-state index in [0.29, 0.717) is 31.2 Å². The van der Waals surface area contributed by atoms with Crippen molar-refractivity contribution in [3.05, 3.63) is 76.1 Å². The molecule has 1 aliphatic heterocycles. The summed E-state index contributed by atoms with van der Waals surface area (Å²) in [5.41, 5.74) is 3.59. The standard InChI is InChI=1S/C26H28ClN3O4/c1-18-21(19(2)34-28-18)17-33-24-10-8-20(16-25(24)32-3)9-11-26(31)30-14-12-29(13-15-30)23-7-5-4-6-22(23)27/h4-11,16H,12-15,17H2,1-3H3. The molecule has 2 aromatic carbocycles. The van der Waals surface area contributed by atoms with E-state index in [-0.39, 0.29) is 5.91 Å². The van der Waals surface area contributed by atoms with Crippen molar-refractivity contribution in [2.75, 3.05) is 38.2 Å². The van der Waals surface area contributed by atoms with Crippen LogP contribution >= 0.6 is 11.6 Å². The molecular formula is C26H28ClN3O4. The van der Waals surface area contributed by atoms with Crippen LogP contribution < -0.4 is 14.4 Å². The molecule has 178 valence electrons. The zero-order chi connectivity index (χ0) is 24.1. The predicted molar refractivity (Wildman–Crippen MR) is 133 cm³/mol. The number of carbonyl (C=O) groups is 1. The highest BCUT2D eigenvalue weighted by Gasteiger charge is 2.21. The molecule has 1 amide bonds. The average Bonchev–Trinajstić information content (AvgIpc) is 3.18. The van der Waals surface area contributed by atoms with Crippen LogP contribution in [0, 0.1) is 13.8 Å². The smallest absolute Gasteiger partial charge is 0.246 e. The minimum atomic E-state index is -0.0171. The highest BCUT2D eigenvalue weighted by atomic mass is 35.5. The molecule has 0 atom stereocenters. The lowest BCUT2D eigenvalue weighted by Gasteiger charge is -2.36. The van der Waals surface area contributed by atoms with Crippen LogP contribution in [-0.4, -0.2) is 49.3 Å². The molecule has 34 heavy (non-hydrogen) atoms. The van der Waals surface area contributed by atoms with E-state index in [1.54, 1.807) is 19.3 Å². The van der Waals surface area contributed by atoms with Gasteiger partial charge >= 0.3 is 0 Å². The van der Waals surface area contributed by atoms with E-state index >= 15 is 0 Å². The van der Waals surface area contributed by atoms with Gasteiger partial charge in [-0.05, 0) is 49.8 Å². The van der Waals surface area contributed by atoms with Crippen molar-refractivity contribution in [2.24, 2.45) is 0 Å². The van der Waals surface area contributed by atoms with Crippen LogP contribution in [0.2, 0.25) is 5.02 Å². The van der Waals surface area contributed by atoms with Crippen molar-refractivity contribution < 1.29 is 18.8 Å². The quantitative estimate of drug-likeness (QED) is 0.447. The van der Waals surface area contributed by atoms with E-state index in [2.05, 4.69) is 10.1 Å². The number of aryl methyl sites for hydroxylation is 2. The molecule has 0 unspecified atom stereocenters. The zero-order valence-electron chi connectivity index (χ0n) is 19.6. The fraction of sp³-hybridized carbons (Fsp3) is 0.308. The number of benzene rings is 2. The van der Waals surface area contributed by atoms with Crippen LogP contribution in [-0.2, 0) is 11.4 Å². The van der Waals surface area contributed by atoms with Gasteiger partial charge in [-0.15, -0.1) is 0 Å². The van der Waals surface area contributed by atoms with Gasteiger partial charge in [-0.3, -0.25) is 4.79 Å². The third-order valence-electron chi connectivity index (χ3n) is 5.94. The summed E-state index contributed by atoms with van der Waals surface area (Å²) >= 11 is 6.31. The van der Waals surface area contributed by atoms with E-state index in [4.69, 9.17) is 25.6 Å². The Morgan fingerprint density at radius 1 is 1.12 bits per heavy atom. The summed E-state index contributed by atoms with van der Waals surface area (Å²) in [5.74, 6) is 1.93. The van der Waals surface area contributed by atoms with E-state index in [9.17, 15) is 4.79 Å². The van der Waals surface area contributed by atoms with Crippen molar-refractivity contribution in [1.29, 1.82) is 0 Å². The summed E-state index contributed by atoms with van der Waals surface area (Å²) in [7, 11) is 1.59. The van der Waals surface area contributed by atoms with Crippen molar-refractivity contribution >= 4 is 29.3 Å². The predicted octanol–water partition coefficient (Wildman–Crippen LogP) is 4.89. The summed E-state index contributed by atoms with van der Waals surface area (Å²) in [6.07, 6.45) is 3.40. The average molecular weight is 482 g/mol. The second kappa shape index (κ2) is 10.7. The molecule has 7 nitrogen and oxygen atoms in total. The molecule has 1 aromatic heterocycles. The molecule has 1 aliphatic rings. The lowest BCUT2D eigenvalue weighted by atomic mass is 10.1. The lowest BCUT2D eigenvalue weighted by Crippen LogP contribution is -2.48. The minimum Gasteiger partial charge on any atom is -0.493 e. The third kappa shape index (κ3) is 5.37. The molecule has 4 rings (SSSR count). The molecule has 3 aromatic rings. The highest BCUT2D eigenvalue weighted by Crippen LogP contribution is 2.30. The van der Waals surface area contributed by atoms with Crippen molar-refractivity contribution in [3.63, 3.8) is 0 Å². The monoisotopic (exact) mass is 481 g/mol. The Morgan fingerprint density at radius 3 is 2.56 bits per heavy atom. The fourth-order valence-electron chi connectivity index (χ4n) is 3.91. The number of carbonyl (C=O) groups excluding carboxylic acids is 1. The van der Waals surface area contributed by atoms with Crippen LogP contribution in [0.1, 0.15) is 22.6 Å². The van der Waals surface area contributed by atoms with E-state index in [1.165, 1.54) is 0 Å². The first-order valence-corrected chi connectivity index (χ1v) is 11.5. The van der Waals surface area contributed by atoms with E-state index in [0.717, 1.165) is 46.4 Å². The Morgan fingerprint density at radius 2 is 1.88 bits per heavy atom. The van der Waals surface area contributed by atoms with Gasteiger partial charge in [-0.25, -0.2) is 0 Å². The Kier molecular flexibility index (Phi) is 7.43. The summed E-state index contributed by atoms with van der Waals surface area (Å²) in [4.78, 5) is 16.8. The SMILES string of the molecule is COc1cc(C=CC(=O)N2CCN(c3ccccc3Cl)CC2)ccc1OCc1c(C)noc1C. The highest BCUT2D eigenvalue weighted by molar-refractivity contribution is 6.33. The Hall–Kier alpha value is -3.45. The number of rotatable bonds is 7. The molecule has 0 saturated carbocycles. The summed E-state index contributed by atoms with van der Waals surface area (Å²) < 4.78 is 16.6. The molecule has 2 heterocycles. The molecule has 0 aliphatic carbocycles. The normalized spacial score (nSPS) is 14.0. The maximum absolute atomic E-state index is 12.7. The van der Waals surface area contributed by atoms with Gasteiger partial charge < -0.3 is 23.8 Å². The van der Waals surface area contributed by atoms with Crippen LogP contribution in [0.3, 0.4) is 0 Å². The Bertz CT molecular complexity index is 1160. The van der Waals surface area contributed by atoms with Crippen LogP contribution in [0.4, 0.5) is 5.69 Å². The fourth-order valence-corrected chi connectivity index (χ4v) is 4.17. The topological polar surface area (TPSA) is 68.0 Å².